The van der Waals surface area contributed by atoms with Crippen LogP contribution in [0.25, 0.3) is 0 Å². The molecule has 0 atom stereocenters. The van der Waals surface area contributed by atoms with Gasteiger partial charge in [-0.05, 0) is 42.0 Å². The van der Waals surface area contributed by atoms with E-state index in [1.807, 2.05) is 25.3 Å². The highest BCUT2D eigenvalue weighted by molar-refractivity contribution is 7.10. The molecule has 0 spiro atoms. The summed E-state index contributed by atoms with van der Waals surface area (Å²) >= 11 is 13.5. The number of hydrogen-bond donors (Lipinski definition) is 0. The fraction of sp³-hybridized carbons (Fsp3) is 0.286. The van der Waals surface area contributed by atoms with Crippen LogP contribution >= 0.6 is 34.5 Å². The number of rotatable bonds is 4. The summed E-state index contributed by atoms with van der Waals surface area (Å²) in [6.45, 7) is 4.58. The molecule has 0 aliphatic heterocycles. The Kier molecular flexibility index (Phi) is 4.55. The molecular weight excluding hydrogens is 287 g/mol. The maximum Gasteiger partial charge on any atom is 0.125 e. The summed E-state index contributed by atoms with van der Waals surface area (Å²) < 4.78 is 5.88. The summed E-state index contributed by atoms with van der Waals surface area (Å²) in [6, 6.07) is 6.01. The van der Waals surface area contributed by atoms with Crippen molar-refractivity contribution in [3.8, 4) is 5.75 Å². The highest BCUT2D eigenvalue weighted by atomic mass is 35.5. The van der Waals surface area contributed by atoms with Gasteiger partial charge in [0.2, 0.25) is 0 Å². The summed E-state index contributed by atoms with van der Waals surface area (Å²) in [4.78, 5) is 1.05. The highest BCUT2D eigenvalue weighted by Gasteiger charge is 2.08. The molecule has 0 saturated heterocycles. The van der Waals surface area contributed by atoms with Crippen molar-refractivity contribution in [2.75, 3.05) is 0 Å². The number of benzene rings is 1. The van der Waals surface area contributed by atoms with Crippen LogP contribution < -0.4 is 4.74 Å². The van der Waals surface area contributed by atoms with Gasteiger partial charge in [0.05, 0.1) is 9.90 Å². The van der Waals surface area contributed by atoms with Crippen LogP contribution in [0.4, 0.5) is 0 Å². The number of halogens is 2. The molecule has 1 aromatic heterocycles. The first kappa shape index (κ1) is 13.7. The first-order chi connectivity index (χ1) is 8.61. The molecule has 0 aliphatic rings. The normalized spacial score (nSPS) is 10.7. The third kappa shape index (κ3) is 3.00. The Morgan fingerprint density at radius 3 is 2.39 bits per heavy atom. The molecule has 0 radical (unpaired) electrons. The van der Waals surface area contributed by atoms with Gasteiger partial charge in [0.1, 0.15) is 12.4 Å². The lowest BCUT2D eigenvalue weighted by Gasteiger charge is -2.13. The summed E-state index contributed by atoms with van der Waals surface area (Å²) in [7, 11) is 0. The highest BCUT2D eigenvalue weighted by Crippen LogP contribution is 2.29. The van der Waals surface area contributed by atoms with Gasteiger partial charge in [-0.2, -0.15) is 0 Å². The van der Waals surface area contributed by atoms with Gasteiger partial charge in [0.25, 0.3) is 0 Å². The van der Waals surface area contributed by atoms with Crippen LogP contribution in [-0.4, -0.2) is 0 Å². The van der Waals surface area contributed by atoms with Crippen molar-refractivity contribution in [2.45, 2.75) is 26.3 Å². The first-order valence-electron chi connectivity index (χ1n) is 5.62. The van der Waals surface area contributed by atoms with Crippen LogP contribution in [0.2, 0.25) is 5.02 Å². The lowest BCUT2D eigenvalue weighted by Crippen LogP contribution is -1.98. The molecule has 1 aromatic carbocycles. The minimum Gasteiger partial charge on any atom is -0.487 e. The maximum atomic E-state index is 6.05. The second-order valence-electron chi connectivity index (χ2n) is 4.17. The zero-order chi connectivity index (χ0) is 13.1. The van der Waals surface area contributed by atoms with Crippen LogP contribution in [0.15, 0.2) is 23.6 Å². The van der Waals surface area contributed by atoms with Crippen LogP contribution in [0.1, 0.15) is 21.6 Å². The average Bonchev–Trinajstić information content (AvgIpc) is 2.73. The van der Waals surface area contributed by atoms with Gasteiger partial charge in [-0.3, -0.25) is 0 Å². The summed E-state index contributed by atoms with van der Waals surface area (Å²) in [5, 5.41) is 2.74. The van der Waals surface area contributed by atoms with E-state index in [0.29, 0.717) is 12.5 Å². The van der Waals surface area contributed by atoms with Crippen molar-refractivity contribution in [1.82, 2.24) is 0 Å². The molecule has 0 amide bonds. The number of thiophene rings is 1. The van der Waals surface area contributed by atoms with Crippen LogP contribution in [0.3, 0.4) is 0 Å². The largest absolute Gasteiger partial charge is 0.487 e. The van der Waals surface area contributed by atoms with Gasteiger partial charge in [-0.25, -0.2) is 0 Å². The molecule has 0 aliphatic carbocycles. The minimum absolute atomic E-state index is 0.512. The van der Waals surface area contributed by atoms with E-state index in [4.69, 9.17) is 27.9 Å². The van der Waals surface area contributed by atoms with Crippen molar-refractivity contribution in [3.05, 3.63) is 50.2 Å². The van der Waals surface area contributed by atoms with E-state index in [1.165, 1.54) is 0 Å². The van der Waals surface area contributed by atoms with Crippen molar-refractivity contribution < 1.29 is 4.74 Å². The standard InChI is InChI=1S/C14H14Cl2OS/c1-9-5-11(7-15)6-10(2)14(9)17-8-13-12(16)3-4-18-13/h3-6H,7-8H2,1-2H3. The van der Waals surface area contributed by atoms with Gasteiger partial charge < -0.3 is 4.74 Å². The van der Waals surface area contributed by atoms with Gasteiger partial charge in [0, 0.05) is 5.88 Å². The Bertz CT molecular complexity index is 525. The quantitative estimate of drug-likeness (QED) is 0.693. The van der Waals surface area contributed by atoms with Crippen LogP contribution in [0.5, 0.6) is 5.75 Å². The van der Waals surface area contributed by atoms with Crippen molar-refractivity contribution in [2.24, 2.45) is 0 Å². The predicted molar refractivity (Wildman–Crippen MR) is 79.1 cm³/mol. The minimum atomic E-state index is 0.512. The smallest absolute Gasteiger partial charge is 0.125 e. The van der Waals surface area contributed by atoms with E-state index in [2.05, 4.69) is 12.1 Å². The Labute approximate surface area is 121 Å². The molecule has 0 N–H and O–H groups in total. The van der Waals surface area contributed by atoms with Gasteiger partial charge in [-0.15, -0.1) is 22.9 Å². The molecule has 0 bridgehead atoms. The monoisotopic (exact) mass is 300 g/mol. The Morgan fingerprint density at radius 1 is 1.22 bits per heavy atom. The molecule has 96 valence electrons. The molecular formula is C14H14Cl2OS. The van der Waals surface area contributed by atoms with E-state index >= 15 is 0 Å². The van der Waals surface area contributed by atoms with Crippen molar-refractivity contribution >= 4 is 34.5 Å². The van der Waals surface area contributed by atoms with Gasteiger partial charge in [-0.1, -0.05) is 23.7 Å². The van der Waals surface area contributed by atoms with Crippen molar-refractivity contribution in [3.63, 3.8) is 0 Å². The van der Waals surface area contributed by atoms with Gasteiger partial charge >= 0.3 is 0 Å². The van der Waals surface area contributed by atoms with Crippen LogP contribution in [-0.2, 0) is 12.5 Å². The molecule has 18 heavy (non-hydrogen) atoms. The zero-order valence-electron chi connectivity index (χ0n) is 10.3. The van der Waals surface area contributed by atoms with Crippen LogP contribution in [0, 0.1) is 13.8 Å². The Morgan fingerprint density at radius 2 is 1.89 bits per heavy atom. The van der Waals surface area contributed by atoms with Crippen molar-refractivity contribution in [1.29, 1.82) is 0 Å². The lowest BCUT2D eigenvalue weighted by atomic mass is 10.1. The van der Waals surface area contributed by atoms with E-state index < -0.39 is 0 Å². The van der Waals surface area contributed by atoms with E-state index in [0.717, 1.165) is 32.3 Å². The zero-order valence-corrected chi connectivity index (χ0v) is 12.6. The van der Waals surface area contributed by atoms with E-state index in [-0.39, 0.29) is 0 Å². The fourth-order valence-corrected chi connectivity index (χ4v) is 3.07. The molecule has 0 saturated carbocycles. The van der Waals surface area contributed by atoms with E-state index in [9.17, 15) is 0 Å². The summed E-state index contributed by atoms with van der Waals surface area (Å²) in [6.07, 6.45) is 0. The van der Waals surface area contributed by atoms with Gasteiger partial charge in [0.15, 0.2) is 0 Å². The molecule has 1 heterocycles. The molecule has 0 fully saturated rings. The second kappa shape index (κ2) is 5.96. The fourth-order valence-electron chi connectivity index (χ4n) is 1.91. The third-order valence-electron chi connectivity index (χ3n) is 2.71. The SMILES string of the molecule is Cc1cc(CCl)cc(C)c1OCc1sccc1Cl. The first-order valence-corrected chi connectivity index (χ1v) is 7.41. The number of alkyl halides is 1. The average molecular weight is 301 g/mol. The third-order valence-corrected chi connectivity index (χ3v) is 4.38. The summed E-state index contributed by atoms with van der Waals surface area (Å²) in [5.41, 5.74) is 3.34. The molecule has 1 nitrogen and oxygen atoms in total. The summed E-state index contributed by atoms with van der Waals surface area (Å²) in [5.74, 6) is 1.45. The molecule has 2 rings (SSSR count). The number of hydrogen-bond acceptors (Lipinski definition) is 2. The second-order valence-corrected chi connectivity index (χ2v) is 5.85. The molecule has 0 unspecified atom stereocenters. The number of ether oxygens (including phenoxy) is 1. The maximum absolute atomic E-state index is 6.05. The Hall–Kier alpha value is -0.700. The predicted octanol–water partition coefficient (Wildman–Crippen LogP) is 5.34. The topological polar surface area (TPSA) is 9.23 Å². The Balaban J connectivity index is 2.17. The molecule has 2 aromatic rings. The van der Waals surface area contributed by atoms with E-state index in [1.54, 1.807) is 11.3 Å². The number of aryl methyl sites for hydroxylation is 2. The molecule has 4 heteroatoms. The lowest BCUT2D eigenvalue weighted by molar-refractivity contribution is 0.305.